The summed E-state index contributed by atoms with van der Waals surface area (Å²) < 4.78 is 23.8. The van der Waals surface area contributed by atoms with Crippen LogP contribution in [0.25, 0.3) is 0 Å². The van der Waals surface area contributed by atoms with Gasteiger partial charge in [0.2, 0.25) is 0 Å². The molecule has 4 nitrogen and oxygen atoms in total. The Morgan fingerprint density at radius 2 is 2.05 bits per heavy atom. The summed E-state index contributed by atoms with van der Waals surface area (Å²) in [4.78, 5) is 4.92. The van der Waals surface area contributed by atoms with E-state index in [0.29, 0.717) is 16.5 Å². The van der Waals surface area contributed by atoms with E-state index in [0.717, 1.165) is 23.5 Å². The minimum atomic E-state index is -3.24. The van der Waals surface area contributed by atoms with Crippen molar-refractivity contribution in [2.24, 2.45) is 5.92 Å². The van der Waals surface area contributed by atoms with Gasteiger partial charge >= 0.3 is 0 Å². The van der Waals surface area contributed by atoms with Crippen molar-refractivity contribution in [3.63, 3.8) is 0 Å². The number of nitrogens with one attached hydrogen (secondary N) is 1. The molecule has 2 aromatic rings. The van der Waals surface area contributed by atoms with Gasteiger partial charge in [0.1, 0.15) is 5.01 Å². The van der Waals surface area contributed by atoms with Crippen LogP contribution in [0.3, 0.4) is 0 Å². The monoisotopic (exact) mass is 322 g/mol. The first-order valence-electron chi connectivity index (χ1n) is 6.93. The van der Waals surface area contributed by atoms with Gasteiger partial charge in [-0.3, -0.25) is 0 Å². The average molecular weight is 322 g/mol. The molecule has 1 N–H and O–H groups in total. The Labute approximate surface area is 129 Å². The topological polar surface area (TPSA) is 59.1 Å². The first kappa shape index (κ1) is 14.5. The standard InChI is InChI=1S/C15H18N2O2S2/c1-10-9-20-15(16-10)14(11-7-8-11)17-12-5-3-4-6-13(12)21(2,18)19/h3-6,9,11,14,17H,7-8H2,1-2H3. The van der Waals surface area contributed by atoms with E-state index >= 15 is 0 Å². The number of hydrogen-bond donors (Lipinski definition) is 1. The van der Waals surface area contributed by atoms with Crippen LogP contribution < -0.4 is 5.32 Å². The molecule has 0 aliphatic heterocycles. The molecule has 1 aromatic heterocycles. The van der Waals surface area contributed by atoms with Crippen molar-refractivity contribution in [2.45, 2.75) is 30.7 Å². The summed E-state index contributed by atoms with van der Waals surface area (Å²) in [6.45, 7) is 1.98. The molecule has 0 bridgehead atoms. The summed E-state index contributed by atoms with van der Waals surface area (Å²) in [6.07, 6.45) is 3.57. The minimum Gasteiger partial charge on any atom is -0.374 e. The molecule has 1 aromatic carbocycles. The van der Waals surface area contributed by atoms with Crippen LogP contribution >= 0.6 is 11.3 Å². The molecule has 1 heterocycles. The number of para-hydroxylation sites is 1. The van der Waals surface area contributed by atoms with Gasteiger partial charge in [-0.15, -0.1) is 11.3 Å². The summed E-state index contributed by atoms with van der Waals surface area (Å²) in [6, 6.07) is 7.18. The van der Waals surface area contributed by atoms with Crippen LogP contribution in [0.2, 0.25) is 0 Å². The van der Waals surface area contributed by atoms with Crippen LogP contribution in [0.5, 0.6) is 0 Å². The number of thiazole rings is 1. The number of nitrogens with zero attached hydrogens (tertiary/aromatic N) is 1. The molecule has 1 aliphatic carbocycles. The van der Waals surface area contributed by atoms with E-state index in [1.54, 1.807) is 23.5 Å². The lowest BCUT2D eigenvalue weighted by Crippen LogP contribution is -2.15. The van der Waals surface area contributed by atoms with Crippen LogP contribution in [0.4, 0.5) is 5.69 Å². The Balaban J connectivity index is 1.94. The highest BCUT2D eigenvalue weighted by Gasteiger charge is 2.34. The highest BCUT2D eigenvalue weighted by atomic mass is 32.2. The van der Waals surface area contributed by atoms with Gasteiger partial charge in [-0.1, -0.05) is 12.1 Å². The smallest absolute Gasteiger partial charge is 0.177 e. The predicted octanol–water partition coefficient (Wildman–Crippen LogP) is 3.42. The van der Waals surface area contributed by atoms with Gasteiger partial charge in [0.05, 0.1) is 16.6 Å². The fourth-order valence-corrected chi connectivity index (χ4v) is 4.19. The van der Waals surface area contributed by atoms with Crippen molar-refractivity contribution < 1.29 is 8.42 Å². The van der Waals surface area contributed by atoms with Gasteiger partial charge in [0.25, 0.3) is 0 Å². The number of benzene rings is 1. The second-order valence-corrected chi connectivity index (χ2v) is 8.43. The van der Waals surface area contributed by atoms with Gasteiger partial charge < -0.3 is 5.32 Å². The van der Waals surface area contributed by atoms with Crippen molar-refractivity contribution >= 4 is 26.9 Å². The first-order valence-corrected chi connectivity index (χ1v) is 9.70. The van der Waals surface area contributed by atoms with Crippen molar-refractivity contribution in [3.05, 3.63) is 40.3 Å². The second-order valence-electron chi connectivity index (χ2n) is 5.55. The molecule has 0 saturated heterocycles. The number of aryl methyl sites for hydroxylation is 1. The Bertz CT molecular complexity index is 749. The summed E-state index contributed by atoms with van der Waals surface area (Å²) in [5.74, 6) is 0.545. The van der Waals surface area contributed by atoms with E-state index in [4.69, 9.17) is 0 Å². The third-order valence-corrected chi connectivity index (χ3v) is 5.79. The zero-order valence-corrected chi connectivity index (χ0v) is 13.7. The maximum Gasteiger partial charge on any atom is 0.177 e. The molecule has 1 atom stereocenters. The number of aromatic nitrogens is 1. The average Bonchev–Trinajstić information content (AvgIpc) is 3.17. The quantitative estimate of drug-likeness (QED) is 0.916. The molecule has 6 heteroatoms. The highest BCUT2D eigenvalue weighted by molar-refractivity contribution is 7.90. The number of anilines is 1. The molecule has 0 spiro atoms. The van der Waals surface area contributed by atoms with Gasteiger partial charge in [0.15, 0.2) is 9.84 Å². The second kappa shape index (κ2) is 5.42. The van der Waals surface area contributed by atoms with Crippen molar-refractivity contribution in [1.29, 1.82) is 0 Å². The van der Waals surface area contributed by atoms with Gasteiger partial charge in [0, 0.05) is 17.3 Å². The van der Waals surface area contributed by atoms with Crippen LogP contribution in [-0.4, -0.2) is 19.7 Å². The number of rotatable bonds is 5. The van der Waals surface area contributed by atoms with Crippen LogP contribution in [0, 0.1) is 12.8 Å². The minimum absolute atomic E-state index is 0.103. The molecule has 0 amide bonds. The molecule has 112 valence electrons. The molecular formula is C15H18N2O2S2. The van der Waals surface area contributed by atoms with E-state index in [1.807, 2.05) is 24.4 Å². The van der Waals surface area contributed by atoms with Gasteiger partial charge in [-0.25, -0.2) is 13.4 Å². The Morgan fingerprint density at radius 1 is 1.33 bits per heavy atom. The van der Waals surface area contributed by atoms with E-state index in [9.17, 15) is 8.42 Å². The van der Waals surface area contributed by atoms with E-state index in [-0.39, 0.29) is 6.04 Å². The SMILES string of the molecule is Cc1csc(C(Nc2ccccc2S(C)(=O)=O)C2CC2)n1. The summed E-state index contributed by atoms with van der Waals surface area (Å²) >= 11 is 1.64. The number of sulfone groups is 1. The predicted molar refractivity (Wildman–Crippen MR) is 85.5 cm³/mol. The van der Waals surface area contributed by atoms with E-state index in [1.165, 1.54) is 6.26 Å². The summed E-state index contributed by atoms with van der Waals surface area (Å²) in [5.41, 5.74) is 1.68. The van der Waals surface area contributed by atoms with Gasteiger partial charge in [-0.2, -0.15) is 0 Å². The zero-order chi connectivity index (χ0) is 15.0. The van der Waals surface area contributed by atoms with Gasteiger partial charge in [-0.05, 0) is 37.8 Å². The largest absolute Gasteiger partial charge is 0.374 e. The molecular weight excluding hydrogens is 304 g/mol. The van der Waals surface area contributed by atoms with Crippen LogP contribution in [0.15, 0.2) is 34.5 Å². The van der Waals surface area contributed by atoms with E-state index < -0.39 is 9.84 Å². The lowest BCUT2D eigenvalue weighted by Gasteiger charge is -2.19. The van der Waals surface area contributed by atoms with Crippen molar-refractivity contribution in [1.82, 2.24) is 4.98 Å². The molecule has 1 aliphatic rings. The fraction of sp³-hybridized carbons (Fsp3) is 0.400. The lowest BCUT2D eigenvalue weighted by molar-refractivity contribution is 0.601. The lowest BCUT2D eigenvalue weighted by atomic mass is 10.2. The molecule has 1 fully saturated rings. The normalized spacial score (nSPS) is 16.7. The fourth-order valence-electron chi connectivity index (χ4n) is 2.40. The Morgan fingerprint density at radius 3 is 2.62 bits per heavy atom. The molecule has 0 radical (unpaired) electrons. The van der Waals surface area contributed by atoms with Crippen LogP contribution in [0.1, 0.15) is 29.6 Å². The Hall–Kier alpha value is -1.40. The maximum absolute atomic E-state index is 11.9. The molecule has 1 unspecified atom stereocenters. The highest BCUT2D eigenvalue weighted by Crippen LogP contribution is 2.44. The van der Waals surface area contributed by atoms with Crippen molar-refractivity contribution in [3.8, 4) is 0 Å². The number of hydrogen-bond acceptors (Lipinski definition) is 5. The maximum atomic E-state index is 11.9. The third kappa shape index (κ3) is 3.27. The zero-order valence-electron chi connectivity index (χ0n) is 12.0. The molecule has 1 saturated carbocycles. The van der Waals surface area contributed by atoms with Crippen LogP contribution in [-0.2, 0) is 9.84 Å². The summed E-state index contributed by atoms with van der Waals surface area (Å²) in [5, 5.41) is 6.49. The van der Waals surface area contributed by atoms with Crippen molar-refractivity contribution in [2.75, 3.05) is 11.6 Å². The van der Waals surface area contributed by atoms with E-state index in [2.05, 4.69) is 10.3 Å². The Kier molecular flexibility index (Phi) is 3.75. The molecule has 3 rings (SSSR count). The first-order chi connectivity index (χ1) is 9.95. The molecule has 21 heavy (non-hydrogen) atoms. The third-order valence-electron chi connectivity index (χ3n) is 3.59. The summed E-state index contributed by atoms with van der Waals surface area (Å²) in [7, 11) is -3.24.